The van der Waals surface area contributed by atoms with Gasteiger partial charge < -0.3 is 4.74 Å². The fraction of sp³-hybridized carbons (Fsp3) is 0.933. The second kappa shape index (κ2) is 9.82. The Labute approximate surface area is 217 Å². The Morgan fingerprint density at radius 3 is 2.38 bits per heavy atom. The summed E-state index contributed by atoms with van der Waals surface area (Å²) in [5.41, 5.74) is 0.325. The number of carbonyl (C=O) groups is 2. The van der Waals surface area contributed by atoms with E-state index in [1.54, 1.807) is 6.92 Å². The quantitative estimate of drug-likeness (QED) is 0.256. The molecule has 0 radical (unpaired) electrons. The van der Waals surface area contributed by atoms with Crippen LogP contribution in [0.25, 0.3) is 0 Å². The zero-order valence-corrected chi connectivity index (χ0v) is 24.3. The monoisotopic (exact) mass is 536 g/mol. The molecule has 34 heavy (non-hydrogen) atoms. The van der Waals surface area contributed by atoms with Gasteiger partial charge in [0.05, 0.1) is 4.83 Å². The Balaban J connectivity index is 1.61. The second-order valence-electron chi connectivity index (χ2n) is 13.7. The molecule has 0 heterocycles. The van der Waals surface area contributed by atoms with Gasteiger partial charge >= 0.3 is 5.97 Å². The highest BCUT2D eigenvalue weighted by Crippen LogP contribution is 2.69. The Morgan fingerprint density at radius 2 is 1.74 bits per heavy atom. The minimum atomic E-state index is -0.132. The molecule has 4 fully saturated rings. The molecular weight excluding hydrogens is 488 g/mol. The van der Waals surface area contributed by atoms with Gasteiger partial charge in [-0.1, -0.05) is 70.3 Å². The molecular formula is C30H49BrO3. The summed E-state index contributed by atoms with van der Waals surface area (Å²) in [5.74, 6) is 5.37. The van der Waals surface area contributed by atoms with E-state index >= 15 is 0 Å². The van der Waals surface area contributed by atoms with Crippen LogP contribution >= 0.6 is 15.9 Å². The fourth-order valence-corrected chi connectivity index (χ4v) is 10.4. The van der Waals surface area contributed by atoms with Crippen LogP contribution in [0.3, 0.4) is 0 Å². The van der Waals surface area contributed by atoms with Gasteiger partial charge in [0.1, 0.15) is 11.9 Å². The largest absolute Gasteiger partial charge is 0.462 e. The van der Waals surface area contributed by atoms with Gasteiger partial charge in [-0.25, -0.2) is 0 Å². The van der Waals surface area contributed by atoms with Crippen molar-refractivity contribution in [2.24, 2.45) is 58.2 Å². The SMILES string of the molecule is CC(=O)O[C@@H]1CC2(C)C(CCC2[C@H](C)CC[C@H](C)C(C)C)C2CC[C@H]3CC(=O)[C@H](Br)CC3(C)C21. The van der Waals surface area contributed by atoms with Gasteiger partial charge in [-0.05, 0) is 90.8 Å². The Bertz CT molecular complexity index is 779. The van der Waals surface area contributed by atoms with Gasteiger partial charge in [0.25, 0.3) is 0 Å². The molecule has 0 spiro atoms. The minimum absolute atomic E-state index is 0.00756. The van der Waals surface area contributed by atoms with Crippen molar-refractivity contribution in [3.8, 4) is 0 Å². The summed E-state index contributed by atoms with van der Waals surface area (Å²) in [6, 6.07) is 0. The molecule has 0 bridgehead atoms. The smallest absolute Gasteiger partial charge is 0.302 e. The number of hydrogen-bond donors (Lipinski definition) is 0. The molecule has 0 amide bonds. The van der Waals surface area contributed by atoms with E-state index in [1.165, 1.54) is 32.1 Å². The summed E-state index contributed by atoms with van der Waals surface area (Å²) in [4.78, 5) is 24.9. The van der Waals surface area contributed by atoms with Gasteiger partial charge in [0.2, 0.25) is 0 Å². The maximum atomic E-state index is 12.6. The lowest BCUT2D eigenvalue weighted by molar-refractivity contribution is -0.194. The number of Topliss-reactive ketones (excluding diaryl/α,β-unsaturated/α-hetero) is 1. The van der Waals surface area contributed by atoms with Crippen LogP contribution in [0.1, 0.15) is 106 Å². The lowest BCUT2D eigenvalue weighted by Gasteiger charge is -2.62. The van der Waals surface area contributed by atoms with Crippen molar-refractivity contribution in [1.82, 2.24) is 0 Å². The molecule has 4 saturated carbocycles. The van der Waals surface area contributed by atoms with Crippen LogP contribution in [0.2, 0.25) is 0 Å². The van der Waals surface area contributed by atoms with Crippen molar-refractivity contribution >= 4 is 27.7 Å². The van der Waals surface area contributed by atoms with Crippen LogP contribution in [-0.2, 0) is 14.3 Å². The topological polar surface area (TPSA) is 43.4 Å². The first-order chi connectivity index (χ1) is 15.9. The molecule has 4 aliphatic rings. The zero-order chi connectivity index (χ0) is 25.0. The van der Waals surface area contributed by atoms with Crippen LogP contribution in [0, 0.1) is 58.2 Å². The Morgan fingerprint density at radius 1 is 1.03 bits per heavy atom. The molecule has 3 nitrogen and oxygen atoms in total. The third-order valence-electron chi connectivity index (χ3n) is 11.7. The molecule has 6 unspecified atom stereocenters. The van der Waals surface area contributed by atoms with Crippen molar-refractivity contribution < 1.29 is 14.3 Å². The number of ether oxygens (including phenoxy) is 1. The van der Waals surface area contributed by atoms with Crippen LogP contribution in [0.15, 0.2) is 0 Å². The average Bonchev–Trinajstić information content (AvgIpc) is 3.08. The maximum Gasteiger partial charge on any atom is 0.302 e. The van der Waals surface area contributed by atoms with Crippen molar-refractivity contribution in [3.63, 3.8) is 0 Å². The molecule has 0 N–H and O–H groups in total. The predicted octanol–water partition coefficient (Wildman–Crippen LogP) is 7.84. The number of hydrogen-bond acceptors (Lipinski definition) is 3. The normalized spacial score (nSPS) is 45.8. The Kier molecular flexibility index (Phi) is 7.71. The molecule has 0 aromatic carbocycles. The molecule has 0 aromatic rings. The number of esters is 1. The lowest BCUT2D eigenvalue weighted by Crippen LogP contribution is -2.61. The lowest BCUT2D eigenvalue weighted by atomic mass is 9.43. The number of halogens is 1. The maximum absolute atomic E-state index is 12.6. The first-order valence-corrected chi connectivity index (χ1v) is 15.1. The van der Waals surface area contributed by atoms with E-state index in [0.717, 1.165) is 48.9 Å². The first-order valence-electron chi connectivity index (χ1n) is 14.2. The summed E-state index contributed by atoms with van der Waals surface area (Å²) in [7, 11) is 0. The summed E-state index contributed by atoms with van der Waals surface area (Å²) >= 11 is 3.72. The molecule has 4 rings (SSSR count). The van der Waals surface area contributed by atoms with Crippen LogP contribution in [0.5, 0.6) is 0 Å². The van der Waals surface area contributed by atoms with Crippen molar-refractivity contribution in [2.45, 2.75) is 117 Å². The molecule has 4 aliphatic carbocycles. The highest BCUT2D eigenvalue weighted by Gasteiger charge is 2.65. The summed E-state index contributed by atoms with van der Waals surface area (Å²) < 4.78 is 6.23. The van der Waals surface area contributed by atoms with E-state index in [9.17, 15) is 9.59 Å². The number of fused-ring (bicyclic) bond motifs is 5. The number of ketones is 1. The number of alkyl halides is 1. The van der Waals surface area contributed by atoms with Gasteiger partial charge in [0.15, 0.2) is 0 Å². The van der Waals surface area contributed by atoms with E-state index in [-0.39, 0.29) is 27.7 Å². The van der Waals surface area contributed by atoms with Gasteiger partial charge in [-0.15, -0.1) is 0 Å². The van der Waals surface area contributed by atoms with Crippen molar-refractivity contribution in [3.05, 3.63) is 0 Å². The van der Waals surface area contributed by atoms with E-state index in [0.29, 0.717) is 30.0 Å². The number of carbonyl (C=O) groups excluding carboxylic acids is 2. The van der Waals surface area contributed by atoms with Gasteiger partial charge in [0, 0.05) is 19.3 Å². The first kappa shape index (κ1) is 26.7. The van der Waals surface area contributed by atoms with Crippen LogP contribution < -0.4 is 0 Å². The summed E-state index contributed by atoms with van der Waals surface area (Å²) in [5, 5.41) is 0. The van der Waals surface area contributed by atoms with E-state index in [4.69, 9.17) is 4.74 Å². The van der Waals surface area contributed by atoms with Gasteiger partial charge in [-0.3, -0.25) is 9.59 Å². The highest BCUT2D eigenvalue weighted by atomic mass is 79.9. The third kappa shape index (κ3) is 4.56. The predicted molar refractivity (Wildman–Crippen MR) is 142 cm³/mol. The molecule has 0 saturated heterocycles. The van der Waals surface area contributed by atoms with Crippen LogP contribution in [0.4, 0.5) is 0 Å². The van der Waals surface area contributed by atoms with E-state index in [2.05, 4.69) is 57.5 Å². The molecule has 0 aliphatic heterocycles. The van der Waals surface area contributed by atoms with E-state index in [1.807, 2.05) is 0 Å². The highest BCUT2D eigenvalue weighted by molar-refractivity contribution is 9.10. The number of rotatable bonds is 6. The summed E-state index contributed by atoms with van der Waals surface area (Å²) in [6.07, 6.45) is 10.2. The molecule has 194 valence electrons. The summed E-state index contributed by atoms with van der Waals surface area (Å²) in [6.45, 7) is 16.2. The molecule has 4 heteroatoms. The van der Waals surface area contributed by atoms with E-state index < -0.39 is 0 Å². The molecule has 0 aromatic heterocycles. The van der Waals surface area contributed by atoms with Crippen molar-refractivity contribution in [1.29, 1.82) is 0 Å². The van der Waals surface area contributed by atoms with Gasteiger partial charge in [-0.2, -0.15) is 0 Å². The third-order valence-corrected chi connectivity index (χ3v) is 12.5. The standard InChI is InChI=1S/C30H49BrO3/c1-17(2)18(3)8-9-19(4)23-12-13-24-22-11-10-21-14-26(33)25(31)15-29(21,6)28(22)27(34-20(5)32)16-30(23,24)7/h17-19,21-25,27-28H,8-16H2,1-7H3/t18-,19+,21-,22?,23?,24?,25+,27+,28?,29?,30?/m0/s1. The Hall–Kier alpha value is -0.380. The van der Waals surface area contributed by atoms with Crippen LogP contribution in [-0.4, -0.2) is 22.7 Å². The zero-order valence-electron chi connectivity index (χ0n) is 22.7. The average molecular weight is 538 g/mol. The van der Waals surface area contributed by atoms with Crippen molar-refractivity contribution in [2.75, 3.05) is 0 Å². The fourth-order valence-electron chi connectivity index (χ4n) is 9.51. The molecule has 11 atom stereocenters. The minimum Gasteiger partial charge on any atom is -0.462 e. The second-order valence-corrected chi connectivity index (χ2v) is 14.8.